The molecule has 0 saturated carbocycles. The van der Waals surface area contributed by atoms with Crippen LogP contribution in [-0.2, 0) is 9.59 Å². The maximum absolute atomic E-state index is 12.5. The number of amidine groups is 1. The molecule has 0 radical (unpaired) electrons. The van der Waals surface area contributed by atoms with E-state index < -0.39 is 5.25 Å². The summed E-state index contributed by atoms with van der Waals surface area (Å²) in [5, 5.41) is 3.09. The number of thioether (sulfide) groups is 1. The molecule has 1 saturated heterocycles. The first-order chi connectivity index (χ1) is 12.9. The van der Waals surface area contributed by atoms with Crippen molar-refractivity contribution in [2.24, 2.45) is 4.99 Å². The summed E-state index contributed by atoms with van der Waals surface area (Å²) in [4.78, 5) is 31.2. The summed E-state index contributed by atoms with van der Waals surface area (Å²) in [6.45, 7) is 5.96. The second-order valence-electron chi connectivity index (χ2n) is 6.68. The fourth-order valence-corrected chi connectivity index (χ4v) is 3.99. The molecule has 1 atom stereocenters. The van der Waals surface area contributed by atoms with Gasteiger partial charge in [-0.2, -0.15) is 0 Å². The Morgan fingerprint density at radius 2 is 1.81 bits per heavy atom. The number of benzene rings is 2. The molecule has 1 N–H and O–H groups in total. The predicted octanol–water partition coefficient (Wildman–Crippen LogP) is 4.20. The van der Waals surface area contributed by atoms with Crippen LogP contribution in [0.25, 0.3) is 0 Å². The van der Waals surface area contributed by atoms with Crippen LogP contribution < -0.4 is 5.32 Å². The first kappa shape index (κ1) is 19.2. The van der Waals surface area contributed by atoms with E-state index in [1.54, 1.807) is 7.05 Å². The molecule has 0 aromatic heterocycles. The van der Waals surface area contributed by atoms with Crippen molar-refractivity contribution in [3.05, 3.63) is 59.2 Å². The zero-order chi connectivity index (χ0) is 19.6. The lowest BCUT2D eigenvalue weighted by molar-refractivity contribution is -0.127. The third-order valence-corrected chi connectivity index (χ3v) is 5.95. The molecule has 2 aromatic rings. The standard InChI is InChI=1S/C21H23N3O2S/c1-13-9-7-11-17(15(13)3)22-19(25)12-18-20(26)24(4)21(27-18)23-16-10-6-5-8-14(16)2/h5-11,18H,12H2,1-4H3,(H,22,25)/t18-/m0/s1. The van der Waals surface area contributed by atoms with Gasteiger partial charge in [-0.25, -0.2) is 4.99 Å². The van der Waals surface area contributed by atoms with Gasteiger partial charge in [0.15, 0.2) is 5.17 Å². The van der Waals surface area contributed by atoms with Crippen LogP contribution in [0.1, 0.15) is 23.1 Å². The highest BCUT2D eigenvalue weighted by atomic mass is 32.2. The summed E-state index contributed by atoms with van der Waals surface area (Å²) in [6.07, 6.45) is 0.119. The minimum atomic E-state index is -0.456. The van der Waals surface area contributed by atoms with Crippen molar-refractivity contribution in [1.82, 2.24) is 4.90 Å². The molecular weight excluding hydrogens is 358 g/mol. The molecule has 1 fully saturated rings. The topological polar surface area (TPSA) is 61.8 Å². The van der Waals surface area contributed by atoms with E-state index in [1.165, 1.54) is 16.7 Å². The zero-order valence-corrected chi connectivity index (χ0v) is 16.8. The lowest BCUT2D eigenvalue weighted by Crippen LogP contribution is -2.30. The lowest BCUT2D eigenvalue weighted by atomic mass is 10.1. The molecule has 2 amide bonds. The Morgan fingerprint density at radius 1 is 1.11 bits per heavy atom. The third kappa shape index (κ3) is 4.22. The van der Waals surface area contributed by atoms with Crippen LogP contribution in [0.3, 0.4) is 0 Å². The summed E-state index contributed by atoms with van der Waals surface area (Å²) < 4.78 is 0. The Bertz CT molecular complexity index is 923. The van der Waals surface area contributed by atoms with Crippen molar-refractivity contribution in [2.45, 2.75) is 32.4 Å². The van der Waals surface area contributed by atoms with Gasteiger partial charge in [0, 0.05) is 19.2 Å². The molecule has 1 aliphatic heterocycles. The van der Waals surface area contributed by atoms with E-state index >= 15 is 0 Å². The fourth-order valence-electron chi connectivity index (χ4n) is 2.85. The number of anilines is 1. The van der Waals surface area contributed by atoms with Crippen LogP contribution in [0.5, 0.6) is 0 Å². The SMILES string of the molecule is Cc1ccccc1N=C1S[C@@H](CC(=O)Nc2cccc(C)c2C)C(=O)N1C. The van der Waals surface area contributed by atoms with Crippen molar-refractivity contribution in [3.8, 4) is 0 Å². The molecule has 5 nitrogen and oxygen atoms in total. The second-order valence-corrected chi connectivity index (χ2v) is 7.85. The number of rotatable bonds is 4. The average Bonchev–Trinajstić information content (AvgIpc) is 2.89. The van der Waals surface area contributed by atoms with Gasteiger partial charge in [-0.1, -0.05) is 42.1 Å². The fraction of sp³-hybridized carbons (Fsp3) is 0.286. The number of nitrogens with one attached hydrogen (secondary N) is 1. The zero-order valence-electron chi connectivity index (χ0n) is 15.9. The highest BCUT2D eigenvalue weighted by molar-refractivity contribution is 8.15. The summed E-state index contributed by atoms with van der Waals surface area (Å²) in [6, 6.07) is 13.6. The molecule has 3 rings (SSSR count). The molecule has 0 aliphatic carbocycles. The van der Waals surface area contributed by atoms with Crippen molar-refractivity contribution in [1.29, 1.82) is 0 Å². The highest BCUT2D eigenvalue weighted by Crippen LogP contribution is 2.31. The monoisotopic (exact) mass is 381 g/mol. The summed E-state index contributed by atoms with van der Waals surface area (Å²) in [5.74, 6) is -0.261. The quantitative estimate of drug-likeness (QED) is 0.863. The van der Waals surface area contributed by atoms with Gasteiger partial charge in [-0.3, -0.25) is 14.5 Å². The van der Waals surface area contributed by atoms with Gasteiger partial charge in [-0.05, 0) is 49.6 Å². The summed E-state index contributed by atoms with van der Waals surface area (Å²) in [7, 11) is 1.70. The largest absolute Gasteiger partial charge is 0.326 e. The third-order valence-electron chi connectivity index (χ3n) is 4.72. The van der Waals surface area contributed by atoms with Crippen LogP contribution in [0, 0.1) is 20.8 Å². The van der Waals surface area contributed by atoms with E-state index in [0.29, 0.717) is 5.17 Å². The van der Waals surface area contributed by atoms with Crippen molar-refractivity contribution in [2.75, 3.05) is 12.4 Å². The smallest absolute Gasteiger partial charge is 0.242 e. The number of para-hydroxylation sites is 1. The predicted molar refractivity (Wildman–Crippen MR) is 112 cm³/mol. The highest BCUT2D eigenvalue weighted by Gasteiger charge is 2.37. The van der Waals surface area contributed by atoms with Crippen molar-refractivity contribution in [3.63, 3.8) is 0 Å². The Balaban J connectivity index is 1.71. The van der Waals surface area contributed by atoms with E-state index in [4.69, 9.17) is 0 Å². The van der Waals surface area contributed by atoms with Gasteiger partial charge in [0.25, 0.3) is 0 Å². The molecule has 6 heteroatoms. The molecular formula is C21H23N3O2S. The molecule has 27 heavy (non-hydrogen) atoms. The van der Waals surface area contributed by atoms with Gasteiger partial charge in [0.2, 0.25) is 11.8 Å². The average molecular weight is 382 g/mol. The van der Waals surface area contributed by atoms with Crippen LogP contribution in [0.2, 0.25) is 0 Å². The number of carbonyl (C=O) groups is 2. The van der Waals surface area contributed by atoms with Crippen LogP contribution in [0.15, 0.2) is 47.5 Å². The Labute approximate surface area is 163 Å². The minimum absolute atomic E-state index is 0.0940. The van der Waals surface area contributed by atoms with Gasteiger partial charge in [0.05, 0.1) is 5.69 Å². The Morgan fingerprint density at radius 3 is 2.56 bits per heavy atom. The van der Waals surface area contributed by atoms with E-state index in [-0.39, 0.29) is 18.2 Å². The number of aliphatic imine (C=N–C) groups is 1. The van der Waals surface area contributed by atoms with E-state index in [1.807, 2.05) is 63.2 Å². The van der Waals surface area contributed by atoms with Crippen LogP contribution in [0.4, 0.5) is 11.4 Å². The van der Waals surface area contributed by atoms with Crippen molar-refractivity contribution < 1.29 is 9.59 Å². The minimum Gasteiger partial charge on any atom is -0.326 e. The second kappa shape index (κ2) is 7.96. The molecule has 0 unspecified atom stereocenters. The van der Waals surface area contributed by atoms with Crippen molar-refractivity contribution >= 4 is 40.1 Å². The first-order valence-electron chi connectivity index (χ1n) is 8.81. The molecule has 1 aliphatic rings. The van der Waals surface area contributed by atoms with Gasteiger partial charge < -0.3 is 5.32 Å². The maximum atomic E-state index is 12.5. The number of nitrogens with zero attached hydrogens (tertiary/aromatic N) is 2. The Hall–Kier alpha value is -2.60. The summed E-state index contributed by atoms with van der Waals surface area (Å²) >= 11 is 1.34. The molecule has 140 valence electrons. The normalized spacial score (nSPS) is 18.2. The first-order valence-corrected chi connectivity index (χ1v) is 9.69. The number of hydrogen-bond acceptors (Lipinski definition) is 4. The molecule has 1 heterocycles. The molecule has 0 spiro atoms. The molecule has 0 bridgehead atoms. The van der Waals surface area contributed by atoms with Gasteiger partial charge in [0.1, 0.15) is 5.25 Å². The van der Waals surface area contributed by atoms with E-state index in [0.717, 1.165) is 28.1 Å². The van der Waals surface area contributed by atoms with E-state index in [2.05, 4.69) is 10.3 Å². The number of carbonyl (C=O) groups excluding carboxylic acids is 2. The lowest BCUT2D eigenvalue weighted by Gasteiger charge is -2.12. The number of amides is 2. The maximum Gasteiger partial charge on any atom is 0.242 e. The molecule has 2 aromatic carbocycles. The van der Waals surface area contributed by atoms with Crippen LogP contribution in [-0.4, -0.2) is 34.2 Å². The van der Waals surface area contributed by atoms with E-state index in [9.17, 15) is 9.59 Å². The number of hydrogen-bond donors (Lipinski definition) is 1. The summed E-state index contributed by atoms with van der Waals surface area (Å²) in [5.41, 5.74) is 4.82. The Kier molecular flexibility index (Phi) is 5.65. The van der Waals surface area contributed by atoms with Gasteiger partial charge >= 0.3 is 0 Å². The van der Waals surface area contributed by atoms with Gasteiger partial charge in [-0.15, -0.1) is 0 Å². The number of aryl methyl sites for hydroxylation is 2. The van der Waals surface area contributed by atoms with Crippen LogP contribution >= 0.6 is 11.8 Å².